The molecule has 2 aromatic carbocycles. The Morgan fingerprint density at radius 2 is 1.48 bits per heavy atom. The maximum absolute atomic E-state index is 13.4. The van der Waals surface area contributed by atoms with Crippen LogP contribution in [-0.4, -0.2) is 71.4 Å². The lowest BCUT2D eigenvalue weighted by molar-refractivity contribution is -0.216. The molecule has 1 saturated heterocycles. The largest absolute Gasteiger partial charge is 0.508 e. The molecule has 8 N–H and O–H groups in total. The van der Waals surface area contributed by atoms with Crippen molar-refractivity contribution in [2.75, 3.05) is 0 Å². The molecule has 0 saturated carbocycles. The van der Waals surface area contributed by atoms with Crippen LogP contribution in [0.4, 0.5) is 0 Å². The summed E-state index contributed by atoms with van der Waals surface area (Å²) in [5.41, 5.74) is -1.18. The monoisotopic (exact) mass is 462 g/mol. The van der Waals surface area contributed by atoms with Gasteiger partial charge in [-0.2, -0.15) is 0 Å². The molecule has 11 heteroatoms. The van der Waals surface area contributed by atoms with Crippen molar-refractivity contribution in [1.82, 2.24) is 0 Å². The third-order valence-electron chi connectivity index (χ3n) is 5.74. The van der Waals surface area contributed by atoms with Crippen molar-refractivity contribution >= 4 is 11.0 Å². The number of phenols is 5. The Hall–Kier alpha value is -3.51. The fourth-order valence-electron chi connectivity index (χ4n) is 3.98. The first kappa shape index (κ1) is 22.7. The first-order chi connectivity index (χ1) is 15.5. The van der Waals surface area contributed by atoms with Crippen LogP contribution in [0.1, 0.15) is 12.5 Å². The fraction of sp³-hybridized carbons (Fsp3) is 0.318. The van der Waals surface area contributed by atoms with E-state index in [1.165, 1.54) is 6.92 Å². The average molecular weight is 462 g/mol. The molecular weight excluding hydrogens is 440 g/mol. The number of aromatic hydroxyl groups is 5. The number of fused-ring (bicyclic) bond motifs is 1. The highest BCUT2D eigenvalue weighted by molar-refractivity contribution is 5.87. The highest BCUT2D eigenvalue weighted by Crippen LogP contribution is 2.41. The summed E-state index contributed by atoms with van der Waals surface area (Å²) < 4.78 is 11.3. The molecule has 0 spiro atoms. The van der Waals surface area contributed by atoms with Crippen LogP contribution >= 0.6 is 0 Å². The van der Waals surface area contributed by atoms with Gasteiger partial charge in [0.1, 0.15) is 46.5 Å². The van der Waals surface area contributed by atoms with Crippen LogP contribution in [0.15, 0.2) is 33.5 Å². The molecule has 1 fully saturated rings. The minimum absolute atomic E-state index is 0.0430. The van der Waals surface area contributed by atoms with E-state index in [-0.39, 0.29) is 34.3 Å². The summed E-state index contributed by atoms with van der Waals surface area (Å²) in [6.45, 7) is 1.47. The number of phenolic OH excluding ortho intramolecular Hbond substituents is 5. The van der Waals surface area contributed by atoms with Gasteiger partial charge in [-0.25, -0.2) is 0 Å². The van der Waals surface area contributed by atoms with Gasteiger partial charge in [0.2, 0.25) is 0 Å². The van der Waals surface area contributed by atoms with E-state index in [4.69, 9.17) is 9.15 Å². The lowest BCUT2D eigenvalue weighted by Gasteiger charge is -2.39. The summed E-state index contributed by atoms with van der Waals surface area (Å²) in [5, 5.41) is 79.7. The standard InChI is InChI=1S/C22H22O11/c1-7-17(27)21(31)20(30)15(32-7)6-10-18(28)16-11(24)4-9(23)5-14(16)33-22(10)8-2-12(25)19(29)13(26)3-8/h2-5,7,15,17,20-21,23-27,29-31H,6H2,1H3/t7-,15-,17-,20-,21+/m1/s1. The Kier molecular flexibility index (Phi) is 5.58. The summed E-state index contributed by atoms with van der Waals surface area (Å²) in [5.74, 6) is -3.40. The third-order valence-corrected chi connectivity index (χ3v) is 5.74. The number of rotatable bonds is 3. The van der Waals surface area contributed by atoms with Crippen molar-refractivity contribution in [3.8, 4) is 40.1 Å². The quantitative estimate of drug-likeness (QED) is 0.250. The first-order valence-corrected chi connectivity index (χ1v) is 9.96. The van der Waals surface area contributed by atoms with Gasteiger partial charge in [-0.1, -0.05) is 0 Å². The molecule has 1 aliphatic heterocycles. The van der Waals surface area contributed by atoms with Crippen LogP contribution < -0.4 is 5.43 Å². The molecule has 176 valence electrons. The highest BCUT2D eigenvalue weighted by Gasteiger charge is 2.42. The van der Waals surface area contributed by atoms with E-state index >= 15 is 0 Å². The molecular formula is C22H22O11. The molecule has 5 atom stereocenters. The predicted octanol–water partition coefficient (Wildman–Crippen LogP) is 0.400. The van der Waals surface area contributed by atoms with E-state index in [1.54, 1.807) is 0 Å². The summed E-state index contributed by atoms with van der Waals surface area (Å²) in [4.78, 5) is 13.4. The topological polar surface area (TPSA) is 201 Å². The number of aliphatic hydroxyl groups excluding tert-OH is 3. The van der Waals surface area contributed by atoms with Crippen molar-refractivity contribution in [3.63, 3.8) is 0 Å². The van der Waals surface area contributed by atoms with Crippen molar-refractivity contribution in [2.24, 2.45) is 0 Å². The van der Waals surface area contributed by atoms with Crippen LogP contribution in [0.5, 0.6) is 28.7 Å². The number of benzene rings is 2. The molecule has 4 rings (SSSR count). The molecule has 0 aliphatic carbocycles. The van der Waals surface area contributed by atoms with Gasteiger partial charge in [-0.05, 0) is 19.1 Å². The van der Waals surface area contributed by atoms with E-state index in [0.29, 0.717) is 0 Å². The second-order valence-corrected chi connectivity index (χ2v) is 8.00. The predicted molar refractivity (Wildman–Crippen MR) is 112 cm³/mol. The molecule has 1 aromatic heterocycles. The molecule has 0 unspecified atom stereocenters. The van der Waals surface area contributed by atoms with E-state index in [2.05, 4.69) is 0 Å². The normalized spacial score (nSPS) is 25.4. The zero-order chi connectivity index (χ0) is 24.2. The average Bonchev–Trinajstić information content (AvgIpc) is 2.74. The van der Waals surface area contributed by atoms with Crippen molar-refractivity contribution in [1.29, 1.82) is 0 Å². The lowest BCUT2D eigenvalue weighted by Crippen LogP contribution is -2.57. The minimum Gasteiger partial charge on any atom is -0.508 e. The summed E-state index contributed by atoms with van der Waals surface area (Å²) in [6.07, 6.45) is -6.89. The number of hydrogen-bond acceptors (Lipinski definition) is 11. The first-order valence-electron chi connectivity index (χ1n) is 9.96. The van der Waals surface area contributed by atoms with Crippen LogP contribution in [0.2, 0.25) is 0 Å². The molecule has 1 aliphatic rings. The van der Waals surface area contributed by atoms with Gasteiger partial charge in [0.25, 0.3) is 0 Å². The molecule has 0 amide bonds. The van der Waals surface area contributed by atoms with Gasteiger partial charge in [0, 0.05) is 29.7 Å². The number of ether oxygens (including phenoxy) is 1. The van der Waals surface area contributed by atoms with Gasteiger partial charge < -0.3 is 50.0 Å². The van der Waals surface area contributed by atoms with Crippen LogP contribution in [-0.2, 0) is 11.2 Å². The maximum Gasteiger partial charge on any atom is 0.200 e. The molecule has 33 heavy (non-hydrogen) atoms. The molecule has 2 heterocycles. The van der Waals surface area contributed by atoms with Gasteiger partial charge in [0.05, 0.1) is 12.2 Å². The Balaban J connectivity index is 1.95. The van der Waals surface area contributed by atoms with Crippen molar-refractivity contribution in [2.45, 2.75) is 43.9 Å². The molecule has 0 bridgehead atoms. The number of aliphatic hydroxyl groups is 3. The second-order valence-electron chi connectivity index (χ2n) is 8.00. The van der Waals surface area contributed by atoms with Crippen molar-refractivity contribution in [3.05, 3.63) is 40.1 Å². The fourth-order valence-corrected chi connectivity index (χ4v) is 3.98. The van der Waals surface area contributed by atoms with Crippen LogP contribution in [0.25, 0.3) is 22.3 Å². The van der Waals surface area contributed by atoms with Gasteiger partial charge in [-0.15, -0.1) is 0 Å². The second kappa shape index (κ2) is 8.12. The summed E-state index contributed by atoms with van der Waals surface area (Å²) in [7, 11) is 0. The highest BCUT2D eigenvalue weighted by atomic mass is 16.5. The number of hydrogen-bond donors (Lipinski definition) is 8. The van der Waals surface area contributed by atoms with E-state index in [9.17, 15) is 45.6 Å². The Labute approximate surface area is 185 Å². The van der Waals surface area contributed by atoms with Gasteiger partial charge >= 0.3 is 0 Å². The summed E-state index contributed by atoms with van der Waals surface area (Å²) in [6, 6.07) is 4.06. The SMILES string of the molecule is C[C@H]1O[C@H](Cc2c(-c3cc(O)c(O)c(O)c3)oc3cc(O)cc(O)c3c2=O)[C@@H](O)[C@@H](O)[C@@H]1O. The minimum atomic E-state index is -1.57. The lowest BCUT2D eigenvalue weighted by atomic mass is 9.90. The van der Waals surface area contributed by atoms with Crippen molar-refractivity contribution < 1.29 is 50.0 Å². The zero-order valence-corrected chi connectivity index (χ0v) is 17.2. The molecule has 0 radical (unpaired) electrons. The van der Waals surface area contributed by atoms with Gasteiger partial charge in [-0.3, -0.25) is 4.79 Å². The molecule has 11 nitrogen and oxygen atoms in total. The zero-order valence-electron chi connectivity index (χ0n) is 17.2. The van der Waals surface area contributed by atoms with Crippen LogP contribution in [0.3, 0.4) is 0 Å². The Morgan fingerprint density at radius 3 is 2.12 bits per heavy atom. The van der Waals surface area contributed by atoms with Crippen LogP contribution in [0, 0.1) is 0 Å². The summed E-state index contributed by atoms with van der Waals surface area (Å²) >= 11 is 0. The smallest absolute Gasteiger partial charge is 0.200 e. The Morgan fingerprint density at radius 1 is 0.848 bits per heavy atom. The van der Waals surface area contributed by atoms with E-state index in [0.717, 1.165) is 24.3 Å². The van der Waals surface area contributed by atoms with E-state index in [1.807, 2.05) is 0 Å². The van der Waals surface area contributed by atoms with E-state index < -0.39 is 64.7 Å². The van der Waals surface area contributed by atoms with Gasteiger partial charge in [0.15, 0.2) is 22.7 Å². The molecule has 3 aromatic rings. The third kappa shape index (κ3) is 3.80. The maximum atomic E-state index is 13.4. The Bertz CT molecular complexity index is 1260.